The van der Waals surface area contributed by atoms with Crippen LogP contribution in [0.3, 0.4) is 0 Å². The van der Waals surface area contributed by atoms with Crippen LogP contribution >= 0.6 is 0 Å². The third-order valence-electron chi connectivity index (χ3n) is 14.0. The normalized spacial score (nSPS) is 15.2. The Balaban J connectivity index is 1.25. The van der Waals surface area contributed by atoms with Crippen LogP contribution in [0.2, 0.25) is 0 Å². The van der Waals surface area contributed by atoms with Crippen molar-refractivity contribution >= 4 is 11.0 Å². The molecule has 0 radical (unpaired) electrons. The standard InChI is InChI=1S/C60H53N3O/c1-36(2)29-46-30-47(25-26-48(46)42-17-12-9-13-18-42)62-54-20-14-19-49-51-33-45(40-15-10-8-11-16-40)34-52-55-35-43(41-23-21-39(7)22-24-41)27-28-61(55)60(56(51)52)63(57(49)54)59(62)53-32-44(37(3)4)31-50(38(5)6)58(53)64-60/h8-28,30-38H,29H2,1-7H3/q+2. The lowest BCUT2D eigenvalue weighted by molar-refractivity contribution is -0.997. The first-order valence-electron chi connectivity index (χ1n) is 23.1. The van der Waals surface area contributed by atoms with Crippen LogP contribution in [0, 0.1) is 12.8 Å². The van der Waals surface area contributed by atoms with Gasteiger partial charge in [0.05, 0.1) is 5.56 Å². The molecule has 3 aliphatic rings. The second-order valence-electron chi connectivity index (χ2n) is 19.3. The minimum Gasteiger partial charge on any atom is -0.392 e. The minimum absolute atomic E-state index is 0.226. The lowest BCUT2D eigenvalue weighted by Gasteiger charge is -2.34. The molecule has 0 fully saturated rings. The SMILES string of the molecule is Cc1ccc(-c2cc[n+]3c(c2)-c2cc(-c4ccccc4)cc4c2C32Oc3c(cc(C(C)C)cc3C(C)C)-c3n(-c5ccc(-c6ccccc6)c(CC(C)C)c5)c5cccc-4c5[n+]32)cc1. The fourth-order valence-corrected chi connectivity index (χ4v) is 11.0. The monoisotopic (exact) mass is 831 g/mol. The number of pyridine rings is 1. The Kier molecular flexibility index (Phi) is 8.59. The maximum absolute atomic E-state index is 8.05. The average molecular weight is 832 g/mol. The molecule has 0 N–H and O–H groups in total. The highest BCUT2D eigenvalue weighted by Crippen LogP contribution is 2.56. The van der Waals surface area contributed by atoms with Crippen molar-refractivity contribution in [1.82, 2.24) is 4.57 Å². The van der Waals surface area contributed by atoms with E-state index < -0.39 is 5.85 Å². The van der Waals surface area contributed by atoms with Crippen molar-refractivity contribution in [2.75, 3.05) is 0 Å². The Morgan fingerprint density at radius 3 is 2.00 bits per heavy atom. The summed E-state index contributed by atoms with van der Waals surface area (Å²) in [6.45, 7) is 16.1. The number of hydrogen-bond acceptors (Lipinski definition) is 1. The van der Waals surface area contributed by atoms with Gasteiger partial charge in [-0.05, 0) is 130 Å². The predicted octanol–water partition coefficient (Wildman–Crippen LogP) is 14.2. The highest BCUT2D eigenvalue weighted by Gasteiger charge is 2.69. The molecule has 5 heterocycles. The van der Waals surface area contributed by atoms with Gasteiger partial charge in [-0.3, -0.25) is 0 Å². The van der Waals surface area contributed by atoms with E-state index >= 15 is 0 Å². The van der Waals surface area contributed by atoms with Crippen LogP contribution in [0.1, 0.15) is 81.2 Å². The van der Waals surface area contributed by atoms with Crippen molar-refractivity contribution in [1.29, 1.82) is 0 Å². The molecule has 64 heavy (non-hydrogen) atoms. The molecule has 2 aromatic heterocycles. The number of para-hydroxylation sites is 1. The number of hydrogen-bond donors (Lipinski definition) is 0. The average Bonchev–Trinajstić information content (AvgIpc) is 3.80. The van der Waals surface area contributed by atoms with Crippen molar-refractivity contribution in [3.05, 3.63) is 192 Å². The van der Waals surface area contributed by atoms with Gasteiger partial charge in [-0.15, -0.1) is 9.13 Å². The van der Waals surface area contributed by atoms with Gasteiger partial charge in [-0.2, -0.15) is 4.57 Å². The van der Waals surface area contributed by atoms with Crippen molar-refractivity contribution < 1.29 is 13.9 Å². The fourth-order valence-electron chi connectivity index (χ4n) is 11.0. The van der Waals surface area contributed by atoms with E-state index in [0.717, 1.165) is 40.5 Å². The summed E-state index contributed by atoms with van der Waals surface area (Å²) in [7, 11) is 0. The van der Waals surface area contributed by atoms with Crippen LogP contribution in [-0.2, 0) is 12.3 Å². The van der Waals surface area contributed by atoms with Crippen molar-refractivity contribution in [3.63, 3.8) is 0 Å². The molecule has 9 aromatic rings. The van der Waals surface area contributed by atoms with Crippen LogP contribution in [0.4, 0.5) is 0 Å². The zero-order chi connectivity index (χ0) is 43.6. The highest BCUT2D eigenvalue weighted by molar-refractivity contribution is 5.99. The van der Waals surface area contributed by atoms with Gasteiger partial charge in [-0.1, -0.05) is 144 Å². The highest BCUT2D eigenvalue weighted by atomic mass is 16.5. The Hall–Kier alpha value is -7.04. The number of aryl methyl sites for hydroxylation is 1. The molecule has 1 atom stereocenters. The van der Waals surface area contributed by atoms with Crippen molar-refractivity contribution in [3.8, 4) is 78.6 Å². The first kappa shape index (κ1) is 38.6. The number of rotatable bonds is 8. The Morgan fingerprint density at radius 1 is 0.562 bits per heavy atom. The third kappa shape index (κ3) is 5.54. The smallest absolute Gasteiger partial charge is 0.392 e. The Labute approximate surface area is 376 Å². The number of nitrogens with zero attached hydrogens (tertiary/aromatic N) is 3. The predicted molar refractivity (Wildman–Crippen MR) is 261 cm³/mol. The quantitative estimate of drug-likeness (QED) is 0.140. The summed E-state index contributed by atoms with van der Waals surface area (Å²) >= 11 is 0. The molecule has 312 valence electrons. The van der Waals surface area contributed by atoms with E-state index in [4.69, 9.17) is 4.74 Å². The molecule has 0 aliphatic carbocycles. The summed E-state index contributed by atoms with van der Waals surface area (Å²) in [5.41, 5.74) is 23.0. The number of fused-ring (bicyclic) bond motifs is 5. The van der Waals surface area contributed by atoms with Crippen molar-refractivity contribution in [2.24, 2.45) is 5.92 Å². The first-order valence-corrected chi connectivity index (χ1v) is 23.1. The molecule has 3 aliphatic heterocycles. The molecular formula is C60H53N3O+2. The lowest BCUT2D eigenvalue weighted by Crippen LogP contribution is -2.78. The van der Waals surface area contributed by atoms with Crippen LogP contribution < -0.4 is 13.9 Å². The third-order valence-corrected chi connectivity index (χ3v) is 14.0. The van der Waals surface area contributed by atoms with E-state index in [2.05, 4.69) is 226 Å². The molecule has 0 saturated carbocycles. The molecule has 4 heteroatoms. The summed E-state index contributed by atoms with van der Waals surface area (Å²) < 4.78 is 15.6. The second-order valence-corrected chi connectivity index (χ2v) is 19.3. The number of benzene rings is 7. The van der Waals surface area contributed by atoms with Crippen molar-refractivity contribution in [2.45, 2.75) is 72.6 Å². The minimum atomic E-state index is -1.05. The fraction of sp³-hybridized carbons (Fsp3) is 0.200. The second kappa shape index (κ2) is 14.2. The molecular weight excluding hydrogens is 779 g/mol. The van der Waals surface area contributed by atoms with Crippen LogP contribution in [0.25, 0.3) is 83.9 Å². The molecule has 1 spiro atoms. The molecule has 7 aromatic carbocycles. The van der Waals surface area contributed by atoms with E-state index in [1.54, 1.807) is 0 Å². The van der Waals surface area contributed by atoms with Gasteiger partial charge in [0.2, 0.25) is 5.69 Å². The van der Waals surface area contributed by atoms with E-state index in [9.17, 15) is 0 Å². The zero-order valence-electron chi connectivity index (χ0n) is 37.8. The summed E-state index contributed by atoms with van der Waals surface area (Å²) in [6.07, 6.45) is 3.27. The van der Waals surface area contributed by atoms with E-state index in [1.165, 1.54) is 83.4 Å². The topological polar surface area (TPSA) is 21.9 Å². The van der Waals surface area contributed by atoms with Crippen LogP contribution in [-0.4, -0.2) is 4.57 Å². The molecule has 4 nitrogen and oxygen atoms in total. The van der Waals surface area contributed by atoms with Gasteiger partial charge in [0.25, 0.3) is 0 Å². The molecule has 0 bridgehead atoms. The number of imidazole rings is 1. The van der Waals surface area contributed by atoms with Gasteiger partial charge in [0.1, 0.15) is 16.8 Å². The maximum Gasteiger partial charge on any atom is 0.499 e. The van der Waals surface area contributed by atoms with Crippen LogP contribution in [0.15, 0.2) is 164 Å². The van der Waals surface area contributed by atoms with E-state index in [0.29, 0.717) is 11.8 Å². The summed E-state index contributed by atoms with van der Waals surface area (Å²) in [5.74, 6) is 2.10. The number of aromatic nitrogens is 3. The first-order chi connectivity index (χ1) is 31.1. The molecule has 0 amide bonds. The van der Waals surface area contributed by atoms with Gasteiger partial charge in [0.15, 0.2) is 23.0 Å². The van der Waals surface area contributed by atoms with Gasteiger partial charge < -0.3 is 4.74 Å². The maximum atomic E-state index is 8.05. The Bertz CT molecular complexity index is 3360. The van der Waals surface area contributed by atoms with Gasteiger partial charge in [0, 0.05) is 23.3 Å². The number of ether oxygens (including phenoxy) is 1. The Morgan fingerprint density at radius 2 is 1.28 bits per heavy atom. The van der Waals surface area contributed by atoms with Gasteiger partial charge >= 0.3 is 11.7 Å². The lowest BCUT2D eigenvalue weighted by atomic mass is 9.85. The van der Waals surface area contributed by atoms with Gasteiger partial charge in [-0.25, -0.2) is 0 Å². The zero-order valence-corrected chi connectivity index (χ0v) is 37.8. The van der Waals surface area contributed by atoms with Crippen LogP contribution in [0.5, 0.6) is 5.75 Å². The largest absolute Gasteiger partial charge is 0.499 e. The summed E-state index contributed by atoms with van der Waals surface area (Å²) in [4.78, 5) is 0. The molecule has 0 saturated heterocycles. The van der Waals surface area contributed by atoms with E-state index in [1.807, 2.05) is 0 Å². The van der Waals surface area contributed by atoms with E-state index in [-0.39, 0.29) is 5.92 Å². The summed E-state index contributed by atoms with van der Waals surface area (Å²) in [6, 6.07) is 59.1. The summed E-state index contributed by atoms with van der Waals surface area (Å²) in [5, 5.41) is 0. The molecule has 1 unspecified atom stereocenters. The molecule has 12 rings (SSSR count).